The highest BCUT2D eigenvalue weighted by Gasteiger charge is 2.61. The predicted molar refractivity (Wildman–Crippen MR) is 77.4 cm³/mol. The smallest absolute Gasteiger partial charge is 0.0840 e. The highest BCUT2D eigenvalue weighted by Crippen LogP contribution is 2.69. The van der Waals surface area contributed by atoms with Crippen LogP contribution in [-0.4, -0.2) is 31.7 Å². The van der Waals surface area contributed by atoms with Crippen LogP contribution in [0.25, 0.3) is 0 Å². The Morgan fingerprint density at radius 3 is 1.94 bits per heavy atom. The van der Waals surface area contributed by atoms with Crippen LogP contribution < -0.4 is 0 Å². The van der Waals surface area contributed by atoms with Gasteiger partial charge in [0.1, 0.15) is 0 Å². The molecule has 18 heavy (non-hydrogen) atoms. The fourth-order valence-corrected chi connectivity index (χ4v) is 6.88. The first kappa shape index (κ1) is 13.0. The molecule has 4 rings (SSSR count). The van der Waals surface area contributed by atoms with E-state index in [0.29, 0.717) is 16.2 Å². The average molecular weight is 250 g/mol. The van der Waals surface area contributed by atoms with Gasteiger partial charge in [0.15, 0.2) is 0 Å². The third-order valence-electron chi connectivity index (χ3n) is 6.36. The summed E-state index contributed by atoms with van der Waals surface area (Å²) in [7, 11) is 4.87. The van der Waals surface area contributed by atoms with Crippen LogP contribution in [0, 0.1) is 22.2 Å². The molecule has 1 nitrogen and oxygen atoms in total. The molecule has 4 aliphatic rings. The normalized spacial score (nSPS) is 50.8. The second-order valence-corrected chi connectivity index (χ2v) is 9.54. The Hall–Kier alpha value is -0.0400. The summed E-state index contributed by atoms with van der Waals surface area (Å²) in [5.41, 5.74) is 2.05. The van der Waals surface area contributed by atoms with Gasteiger partial charge in [0.2, 0.25) is 0 Å². The maximum atomic E-state index is 2.59. The SMILES string of the molecule is CC[N+](C)(C)CC12CC3CC(C)(CC(C)(C3)C1)C2. The summed E-state index contributed by atoms with van der Waals surface area (Å²) in [4.78, 5) is 0. The number of hydrogen-bond acceptors (Lipinski definition) is 0. The molecule has 4 saturated carbocycles. The first-order valence-electron chi connectivity index (χ1n) is 7.99. The van der Waals surface area contributed by atoms with Crippen molar-refractivity contribution in [2.75, 3.05) is 27.2 Å². The minimum Gasteiger partial charge on any atom is -0.328 e. The molecule has 0 heterocycles. The Morgan fingerprint density at radius 2 is 1.50 bits per heavy atom. The fraction of sp³-hybridized carbons (Fsp3) is 1.00. The van der Waals surface area contributed by atoms with Crippen LogP contribution in [0.4, 0.5) is 0 Å². The topological polar surface area (TPSA) is 0 Å². The second-order valence-electron chi connectivity index (χ2n) is 9.54. The van der Waals surface area contributed by atoms with Gasteiger partial charge in [-0.05, 0) is 62.2 Å². The summed E-state index contributed by atoms with van der Waals surface area (Å²) in [5.74, 6) is 1.05. The summed E-state index contributed by atoms with van der Waals surface area (Å²) >= 11 is 0. The quantitative estimate of drug-likeness (QED) is 0.662. The van der Waals surface area contributed by atoms with E-state index in [1.165, 1.54) is 49.7 Å². The van der Waals surface area contributed by atoms with Crippen molar-refractivity contribution in [1.82, 2.24) is 0 Å². The van der Waals surface area contributed by atoms with Gasteiger partial charge >= 0.3 is 0 Å². The molecule has 4 bridgehead atoms. The molecule has 0 aromatic heterocycles. The number of hydrogen-bond donors (Lipinski definition) is 0. The van der Waals surface area contributed by atoms with Crippen molar-refractivity contribution in [3.05, 3.63) is 0 Å². The summed E-state index contributed by atoms with van der Waals surface area (Å²) < 4.78 is 1.22. The minimum atomic E-state index is 0.682. The van der Waals surface area contributed by atoms with Crippen molar-refractivity contribution in [3.63, 3.8) is 0 Å². The van der Waals surface area contributed by atoms with E-state index in [-0.39, 0.29) is 0 Å². The molecule has 0 amide bonds. The Kier molecular flexibility index (Phi) is 2.55. The number of nitrogens with zero attached hydrogens (tertiary/aromatic N) is 1. The third-order valence-corrected chi connectivity index (χ3v) is 6.36. The van der Waals surface area contributed by atoms with E-state index in [1.807, 2.05) is 0 Å². The largest absolute Gasteiger partial charge is 0.328 e. The monoisotopic (exact) mass is 250 g/mol. The van der Waals surface area contributed by atoms with Crippen LogP contribution in [0.15, 0.2) is 0 Å². The first-order valence-corrected chi connectivity index (χ1v) is 7.99. The van der Waals surface area contributed by atoms with Crippen LogP contribution in [0.2, 0.25) is 0 Å². The van der Waals surface area contributed by atoms with Crippen molar-refractivity contribution >= 4 is 0 Å². The zero-order chi connectivity index (χ0) is 13.2. The van der Waals surface area contributed by atoms with E-state index in [2.05, 4.69) is 34.9 Å². The molecule has 2 atom stereocenters. The standard InChI is InChI=1S/C17H32N/c1-6-18(4,5)13-17-9-14-7-15(2,11-17)10-16(3,8-14)12-17/h14H,6-13H2,1-5H3/q+1. The predicted octanol–water partition coefficient (Wildman–Crippen LogP) is 4.08. The molecule has 4 fully saturated rings. The van der Waals surface area contributed by atoms with E-state index in [0.717, 1.165) is 5.92 Å². The molecule has 0 aromatic carbocycles. The Labute approximate surface area is 114 Å². The third kappa shape index (κ3) is 2.03. The summed E-state index contributed by atoms with van der Waals surface area (Å²) in [6.07, 6.45) is 9.16. The van der Waals surface area contributed by atoms with E-state index in [4.69, 9.17) is 0 Å². The zero-order valence-electron chi connectivity index (χ0n) is 13.2. The van der Waals surface area contributed by atoms with Gasteiger partial charge in [-0.3, -0.25) is 0 Å². The number of quaternary nitrogens is 1. The lowest BCUT2D eigenvalue weighted by Gasteiger charge is -2.66. The zero-order valence-corrected chi connectivity index (χ0v) is 13.2. The summed E-state index contributed by atoms with van der Waals surface area (Å²) in [6, 6.07) is 0. The second kappa shape index (κ2) is 3.53. The lowest BCUT2D eigenvalue weighted by atomic mass is 9.40. The van der Waals surface area contributed by atoms with Gasteiger partial charge in [0.25, 0.3) is 0 Å². The highest BCUT2D eigenvalue weighted by atomic mass is 15.3. The van der Waals surface area contributed by atoms with Gasteiger partial charge in [-0.2, -0.15) is 0 Å². The van der Waals surface area contributed by atoms with E-state index >= 15 is 0 Å². The molecule has 0 saturated heterocycles. The highest BCUT2D eigenvalue weighted by molar-refractivity contribution is 5.10. The Morgan fingerprint density at radius 1 is 0.944 bits per heavy atom. The van der Waals surface area contributed by atoms with Gasteiger partial charge in [-0.1, -0.05) is 13.8 Å². The Balaban J connectivity index is 1.89. The molecule has 2 unspecified atom stereocenters. The molecule has 0 N–H and O–H groups in total. The maximum absolute atomic E-state index is 2.59. The molecule has 0 spiro atoms. The van der Waals surface area contributed by atoms with Gasteiger partial charge in [-0.15, -0.1) is 0 Å². The molecule has 4 aliphatic carbocycles. The lowest BCUT2D eigenvalue weighted by molar-refractivity contribution is -0.896. The molecular weight excluding hydrogens is 218 g/mol. The van der Waals surface area contributed by atoms with Gasteiger partial charge in [0, 0.05) is 5.41 Å². The first-order chi connectivity index (χ1) is 8.17. The van der Waals surface area contributed by atoms with Crippen LogP contribution >= 0.6 is 0 Å². The molecule has 0 aromatic rings. The molecular formula is C17H32N+. The number of rotatable bonds is 3. The van der Waals surface area contributed by atoms with Crippen molar-refractivity contribution in [2.24, 2.45) is 22.2 Å². The summed E-state index contributed by atoms with van der Waals surface area (Å²) in [6.45, 7) is 10.2. The molecule has 104 valence electrons. The fourth-order valence-electron chi connectivity index (χ4n) is 6.88. The molecule has 1 heteroatoms. The van der Waals surface area contributed by atoms with Crippen molar-refractivity contribution < 1.29 is 4.48 Å². The van der Waals surface area contributed by atoms with Crippen molar-refractivity contribution in [1.29, 1.82) is 0 Å². The van der Waals surface area contributed by atoms with Gasteiger partial charge < -0.3 is 4.48 Å². The van der Waals surface area contributed by atoms with Crippen LogP contribution in [0.1, 0.15) is 59.3 Å². The molecule has 0 radical (unpaired) electrons. The van der Waals surface area contributed by atoms with Crippen LogP contribution in [0.3, 0.4) is 0 Å². The van der Waals surface area contributed by atoms with Crippen LogP contribution in [0.5, 0.6) is 0 Å². The lowest BCUT2D eigenvalue weighted by Crippen LogP contribution is -2.60. The summed E-state index contributed by atoms with van der Waals surface area (Å²) in [5, 5.41) is 0. The Bertz CT molecular complexity index is 339. The average Bonchev–Trinajstić information content (AvgIpc) is 2.09. The van der Waals surface area contributed by atoms with Crippen LogP contribution in [-0.2, 0) is 0 Å². The van der Waals surface area contributed by atoms with Crippen molar-refractivity contribution in [2.45, 2.75) is 59.3 Å². The molecule has 0 aliphatic heterocycles. The minimum absolute atomic E-state index is 0.682. The maximum Gasteiger partial charge on any atom is 0.0840 e. The van der Waals surface area contributed by atoms with Gasteiger partial charge in [0.05, 0.1) is 27.2 Å². The van der Waals surface area contributed by atoms with Crippen molar-refractivity contribution in [3.8, 4) is 0 Å². The van der Waals surface area contributed by atoms with E-state index < -0.39 is 0 Å². The van der Waals surface area contributed by atoms with E-state index in [9.17, 15) is 0 Å². The van der Waals surface area contributed by atoms with E-state index in [1.54, 1.807) is 6.42 Å². The van der Waals surface area contributed by atoms with Gasteiger partial charge in [-0.25, -0.2) is 0 Å².